The molecule has 0 saturated carbocycles. The number of halogens is 3. The molecular weight excluding hydrogens is 395 g/mol. The highest BCUT2D eigenvalue weighted by Crippen LogP contribution is 2.24. The minimum atomic E-state index is -0.388. The van der Waals surface area contributed by atoms with E-state index in [1.54, 1.807) is 25.1 Å². The van der Waals surface area contributed by atoms with Crippen molar-refractivity contribution < 1.29 is 4.79 Å². The maximum atomic E-state index is 12.3. The van der Waals surface area contributed by atoms with Gasteiger partial charge in [-0.2, -0.15) is 5.10 Å². The van der Waals surface area contributed by atoms with Crippen LogP contribution in [0.2, 0.25) is 15.1 Å². The Labute approximate surface area is 166 Å². The number of hydrazine groups is 1. The molecule has 8 heteroatoms. The number of hydrazone groups is 1. The van der Waals surface area contributed by atoms with Crippen molar-refractivity contribution in [1.29, 1.82) is 0 Å². The third kappa shape index (κ3) is 4.55. The molecule has 2 aromatic rings. The molecule has 0 radical (unpaired) electrons. The number of amides is 1. The molecule has 1 aliphatic rings. The molecule has 1 aliphatic heterocycles. The Morgan fingerprint density at radius 1 is 1.08 bits per heavy atom. The summed E-state index contributed by atoms with van der Waals surface area (Å²) in [4.78, 5) is 12.3. The van der Waals surface area contributed by atoms with Crippen molar-refractivity contribution in [3.05, 3.63) is 68.7 Å². The molecule has 1 saturated heterocycles. The second-order valence-electron chi connectivity index (χ2n) is 5.98. The SMILES string of the molecule is C/C(=N\NC(=O)C1CC(c2ccc(Cl)cc2)NN1)c1ccc(Cl)c(Cl)c1. The van der Waals surface area contributed by atoms with Crippen molar-refractivity contribution in [2.24, 2.45) is 5.10 Å². The summed E-state index contributed by atoms with van der Waals surface area (Å²) in [5.41, 5.74) is 11.2. The van der Waals surface area contributed by atoms with Gasteiger partial charge < -0.3 is 0 Å². The number of carbonyl (C=O) groups excluding carboxylic acids is 1. The molecule has 2 atom stereocenters. The Bertz CT molecular complexity index is 839. The summed E-state index contributed by atoms with van der Waals surface area (Å²) in [6, 6.07) is 12.4. The van der Waals surface area contributed by atoms with Crippen molar-refractivity contribution in [1.82, 2.24) is 16.3 Å². The molecule has 0 bridgehead atoms. The fraction of sp³-hybridized carbons (Fsp3) is 0.222. The summed E-state index contributed by atoms with van der Waals surface area (Å²) < 4.78 is 0. The van der Waals surface area contributed by atoms with Crippen LogP contribution in [-0.2, 0) is 4.79 Å². The Morgan fingerprint density at radius 3 is 2.50 bits per heavy atom. The number of hydrogen-bond acceptors (Lipinski definition) is 4. The van der Waals surface area contributed by atoms with Gasteiger partial charge in [-0.1, -0.05) is 53.0 Å². The van der Waals surface area contributed by atoms with E-state index < -0.39 is 0 Å². The molecule has 5 nitrogen and oxygen atoms in total. The van der Waals surface area contributed by atoms with Crippen LogP contribution < -0.4 is 16.3 Å². The topological polar surface area (TPSA) is 65.5 Å². The van der Waals surface area contributed by atoms with Crippen molar-refractivity contribution in [2.45, 2.75) is 25.4 Å². The summed E-state index contributed by atoms with van der Waals surface area (Å²) in [7, 11) is 0. The molecule has 26 heavy (non-hydrogen) atoms. The summed E-state index contributed by atoms with van der Waals surface area (Å²) in [5.74, 6) is -0.214. The van der Waals surface area contributed by atoms with Crippen molar-refractivity contribution in [3.63, 3.8) is 0 Å². The highest BCUT2D eigenvalue weighted by Gasteiger charge is 2.30. The summed E-state index contributed by atoms with van der Waals surface area (Å²) in [5, 5.41) is 5.75. The van der Waals surface area contributed by atoms with E-state index in [1.807, 2.05) is 24.3 Å². The molecule has 2 aromatic carbocycles. The maximum absolute atomic E-state index is 12.3. The van der Waals surface area contributed by atoms with Crippen LogP contribution in [0.1, 0.15) is 30.5 Å². The van der Waals surface area contributed by atoms with Crippen LogP contribution in [0.4, 0.5) is 0 Å². The predicted molar refractivity (Wildman–Crippen MR) is 106 cm³/mol. The number of nitrogens with one attached hydrogen (secondary N) is 3. The molecule has 1 amide bonds. The van der Waals surface area contributed by atoms with Crippen LogP contribution in [0, 0.1) is 0 Å². The maximum Gasteiger partial charge on any atom is 0.258 e. The third-order valence-electron chi connectivity index (χ3n) is 4.16. The molecule has 0 aromatic heterocycles. The molecule has 0 aliphatic carbocycles. The highest BCUT2D eigenvalue weighted by atomic mass is 35.5. The van der Waals surface area contributed by atoms with E-state index in [2.05, 4.69) is 21.4 Å². The lowest BCUT2D eigenvalue weighted by atomic mass is 10.0. The van der Waals surface area contributed by atoms with Crippen LogP contribution >= 0.6 is 34.8 Å². The van der Waals surface area contributed by atoms with Gasteiger partial charge in [0.05, 0.1) is 15.8 Å². The van der Waals surface area contributed by atoms with Gasteiger partial charge in [-0.15, -0.1) is 0 Å². The van der Waals surface area contributed by atoms with E-state index in [0.29, 0.717) is 27.2 Å². The number of nitrogens with zero attached hydrogens (tertiary/aromatic N) is 1. The Kier molecular flexibility index (Phi) is 6.16. The van der Waals surface area contributed by atoms with Crippen molar-refractivity contribution in [3.8, 4) is 0 Å². The van der Waals surface area contributed by atoms with Gasteiger partial charge in [0.15, 0.2) is 0 Å². The van der Waals surface area contributed by atoms with E-state index in [-0.39, 0.29) is 18.0 Å². The summed E-state index contributed by atoms with van der Waals surface area (Å²) >= 11 is 17.8. The zero-order valence-electron chi connectivity index (χ0n) is 13.9. The normalized spacial score (nSPS) is 20.2. The lowest BCUT2D eigenvalue weighted by molar-refractivity contribution is -0.122. The zero-order chi connectivity index (χ0) is 18.7. The molecule has 1 heterocycles. The average molecular weight is 412 g/mol. The minimum Gasteiger partial charge on any atom is -0.271 e. The number of benzene rings is 2. The van der Waals surface area contributed by atoms with Crippen molar-refractivity contribution >= 4 is 46.4 Å². The van der Waals surface area contributed by atoms with E-state index in [9.17, 15) is 4.79 Å². The number of hydrogen-bond donors (Lipinski definition) is 3. The first kappa shape index (κ1) is 19.1. The first-order chi connectivity index (χ1) is 12.4. The fourth-order valence-corrected chi connectivity index (χ4v) is 3.07. The van der Waals surface area contributed by atoms with E-state index in [4.69, 9.17) is 34.8 Å². The minimum absolute atomic E-state index is 0.0307. The van der Waals surface area contributed by atoms with Crippen LogP contribution in [0.3, 0.4) is 0 Å². The lowest BCUT2D eigenvalue weighted by Crippen LogP contribution is -2.41. The van der Waals surface area contributed by atoms with Gasteiger partial charge in [-0.05, 0) is 48.7 Å². The van der Waals surface area contributed by atoms with E-state index in [1.165, 1.54) is 0 Å². The van der Waals surface area contributed by atoms with Gasteiger partial charge in [-0.25, -0.2) is 16.3 Å². The quantitative estimate of drug-likeness (QED) is 0.524. The van der Waals surface area contributed by atoms with Gasteiger partial charge in [-0.3, -0.25) is 4.79 Å². The Balaban J connectivity index is 1.59. The number of carbonyl (C=O) groups is 1. The van der Waals surface area contributed by atoms with E-state index >= 15 is 0 Å². The van der Waals surface area contributed by atoms with Gasteiger partial charge in [0.1, 0.15) is 6.04 Å². The smallest absolute Gasteiger partial charge is 0.258 e. The molecule has 2 unspecified atom stereocenters. The van der Waals surface area contributed by atoms with Crippen LogP contribution in [-0.4, -0.2) is 17.7 Å². The van der Waals surface area contributed by atoms with Crippen LogP contribution in [0.5, 0.6) is 0 Å². The fourth-order valence-electron chi connectivity index (χ4n) is 2.64. The largest absolute Gasteiger partial charge is 0.271 e. The first-order valence-corrected chi connectivity index (χ1v) is 9.13. The van der Waals surface area contributed by atoms with Crippen LogP contribution in [0.25, 0.3) is 0 Å². The average Bonchev–Trinajstić information content (AvgIpc) is 3.12. The third-order valence-corrected chi connectivity index (χ3v) is 5.15. The van der Waals surface area contributed by atoms with E-state index in [0.717, 1.165) is 11.1 Å². The molecule has 3 N–H and O–H groups in total. The van der Waals surface area contributed by atoms with Gasteiger partial charge in [0, 0.05) is 11.1 Å². The molecule has 136 valence electrons. The van der Waals surface area contributed by atoms with Gasteiger partial charge in [0.25, 0.3) is 5.91 Å². The molecular formula is C18H17Cl3N4O. The second-order valence-corrected chi connectivity index (χ2v) is 7.23. The second kappa shape index (κ2) is 8.37. The molecule has 0 spiro atoms. The zero-order valence-corrected chi connectivity index (χ0v) is 16.2. The summed E-state index contributed by atoms with van der Waals surface area (Å²) in [6.45, 7) is 1.79. The Hall–Kier alpha value is -1.63. The summed E-state index contributed by atoms with van der Waals surface area (Å²) in [6.07, 6.45) is 0.606. The Morgan fingerprint density at radius 2 is 1.81 bits per heavy atom. The van der Waals surface area contributed by atoms with Gasteiger partial charge in [0.2, 0.25) is 0 Å². The van der Waals surface area contributed by atoms with Crippen LogP contribution in [0.15, 0.2) is 47.6 Å². The highest BCUT2D eigenvalue weighted by molar-refractivity contribution is 6.42. The molecule has 3 rings (SSSR count). The standard InChI is InChI=1S/C18H17Cl3N4O/c1-10(12-4-7-14(20)15(21)8-12)22-25-18(26)17-9-16(23-24-17)11-2-5-13(19)6-3-11/h2-8,16-17,23-24H,9H2,1H3,(H,25,26)/b22-10+. The monoisotopic (exact) mass is 410 g/mol. The first-order valence-electron chi connectivity index (χ1n) is 8.00. The van der Waals surface area contributed by atoms with Crippen molar-refractivity contribution in [2.75, 3.05) is 0 Å². The number of rotatable bonds is 4. The van der Waals surface area contributed by atoms with Gasteiger partial charge >= 0.3 is 0 Å². The molecule has 1 fully saturated rings. The lowest BCUT2D eigenvalue weighted by Gasteiger charge is -2.09. The predicted octanol–water partition coefficient (Wildman–Crippen LogP) is 4.09.